The topological polar surface area (TPSA) is 31.6 Å². The first-order valence-corrected chi connectivity index (χ1v) is 7.63. The van der Waals surface area contributed by atoms with E-state index in [-0.39, 0.29) is 0 Å². The van der Waals surface area contributed by atoms with Gasteiger partial charge in [-0.15, -0.1) is 0 Å². The summed E-state index contributed by atoms with van der Waals surface area (Å²) in [5.41, 5.74) is 7.39. The molecule has 0 atom stereocenters. The molecule has 106 valence electrons. The van der Waals surface area contributed by atoms with Crippen molar-refractivity contribution in [1.82, 2.24) is 9.97 Å². The largest absolute Gasteiger partial charge is 0.354 e. The number of nitrogens with one attached hydrogen (secondary N) is 2. The van der Waals surface area contributed by atoms with E-state index >= 15 is 0 Å². The van der Waals surface area contributed by atoms with Gasteiger partial charge < -0.3 is 9.97 Å². The molecule has 3 aromatic carbocycles. The smallest absolute Gasteiger partial charge is 0.0472 e. The van der Waals surface area contributed by atoms with Crippen molar-refractivity contribution in [3.05, 3.63) is 59.7 Å². The van der Waals surface area contributed by atoms with Gasteiger partial charge in [-0.05, 0) is 49.2 Å². The Balaban J connectivity index is 1.97. The Bertz CT molecular complexity index is 1090. The molecule has 0 spiro atoms. The average Bonchev–Trinajstić information content (AvgIpc) is 3.00. The number of hydrogen-bond donors (Lipinski definition) is 2. The minimum atomic E-state index is 1.20. The van der Waals surface area contributed by atoms with Crippen molar-refractivity contribution in [1.29, 1.82) is 0 Å². The molecule has 2 aromatic heterocycles. The lowest BCUT2D eigenvalue weighted by Crippen LogP contribution is -1.71. The lowest BCUT2D eigenvalue weighted by atomic mass is 10.1. The first kappa shape index (κ1) is 11.9. The number of aromatic nitrogens is 2. The van der Waals surface area contributed by atoms with E-state index in [4.69, 9.17) is 0 Å². The van der Waals surface area contributed by atoms with Crippen molar-refractivity contribution in [2.24, 2.45) is 0 Å². The van der Waals surface area contributed by atoms with Gasteiger partial charge in [0.2, 0.25) is 0 Å². The Morgan fingerprint density at radius 3 is 1.36 bits per heavy atom. The molecule has 22 heavy (non-hydrogen) atoms. The van der Waals surface area contributed by atoms with Crippen LogP contribution in [-0.2, 0) is 0 Å². The third-order valence-corrected chi connectivity index (χ3v) is 4.63. The van der Waals surface area contributed by atoms with Gasteiger partial charge in [-0.1, -0.05) is 24.3 Å². The molecule has 0 amide bonds. The first-order chi connectivity index (χ1) is 10.7. The molecule has 0 bridgehead atoms. The molecule has 2 heterocycles. The molecule has 0 aliphatic rings. The fourth-order valence-corrected chi connectivity index (χ4v) is 3.54. The summed E-state index contributed by atoms with van der Waals surface area (Å²) in [4.78, 5) is 7.13. The highest BCUT2D eigenvalue weighted by Crippen LogP contribution is 2.33. The number of benzene rings is 3. The van der Waals surface area contributed by atoms with Crippen LogP contribution < -0.4 is 0 Å². The van der Waals surface area contributed by atoms with Crippen molar-refractivity contribution in [2.45, 2.75) is 13.8 Å². The standard InChI is InChI=1S/C20H16N2/c1-11-3-5-13-15-9-20-16(10-19(15)21-17(13)7-11)14-6-4-12(2)8-18(14)22-20/h3-10,21-22H,1-2H3. The van der Waals surface area contributed by atoms with Crippen molar-refractivity contribution < 1.29 is 0 Å². The Kier molecular flexibility index (Phi) is 2.11. The second-order valence-electron chi connectivity index (χ2n) is 6.29. The number of fused-ring (bicyclic) bond motifs is 6. The van der Waals surface area contributed by atoms with E-state index in [2.05, 4.69) is 72.3 Å². The monoisotopic (exact) mass is 284 g/mol. The minimum Gasteiger partial charge on any atom is -0.354 e. The van der Waals surface area contributed by atoms with Crippen LogP contribution in [0.3, 0.4) is 0 Å². The summed E-state index contributed by atoms with van der Waals surface area (Å²) in [6, 6.07) is 17.7. The SMILES string of the molecule is Cc1ccc2c(c1)[nH]c1cc3c(cc12)[nH]c1cc(C)ccc13. The zero-order valence-electron chi connectivity index (χ0n) is 12.6. The summed E-state index contributed by atoms with van der Waals surface area (Å²) in [6.45, 7) is 4.26. The second kappa shape index (κ2) is 3.92. The zero-order chi connectivity index (χ0) is 14.8. The third-order valence-electron chi connectivity index (χ3n) is 4.63. The lowest BCUT2D eigenvalue weighted by Gasteiger charge is -1.95. The highest BCUT2D eigenvalue weighted by molar-refractivity contribution is 6.17. The molecule has 2 N–H and O–H groups in total. The number of aromatic amines is 2. The maximum absolute atomic E-state index is 3.56. The van der Waals surface area contributed by atoms with Gasteiger partial charge in [-0.2, -0.15) is 0 Å². The van der Waals surface area contributed by atoms with E-state index in [9.17, 15) is 0 Å². The Morgan fingerprint density at radius 1 is 0.500 bits per heavy atom. The molecule has 2 nitrogen and oxygen atoms in total. The van der Waals surface area contributed by atoms with Crippen molar-refractivity contribution in [3.63, 3.8) is 0 Å². The number of rotatable bonds is 0. The van der Waals surface area contributed by atoms with Gasteiger partial charge in [0.1, 0.15) is 0 Å². The number of H-pyrrole nitrogens is 2. The predicted octanol–water partition coefficient (Wildman–Crippen LogP) is 5.57. The molecule has 0 saturated carbocycles. The zero-order valence-corrected chi connectivity index (χ0v) is 12.6. The molecule has 0 aliphatic heterocycles. The molecule has 0 aliphatic carbocycles. The first-order valence-electron chi connectivity index (χ1n) is 7.63. The maximum atomic E-state index is 3.56. The minimum absolute atomic E-state index is 1.20. The van der Waals surface area contributed by atoms with Gasteiger partial charge in [0.15, 0.2) is 0 Å². The van der Waals surface area contributed by atoms with Crippen LogP contribution in [0.4, 0.5) is 0 Å². The van der Waals surface area contributed by atoms with Crippen LogP contribution in [0.2, 0.25) is 0 Å². The summed E-state index contributed by atoms with van der Waals surface area (Å²) in [6.07, 6.45) is 0. The lowest BCUT2D eigenvalue weighted by molar-refractivity contribution is 1.47. The maximum Gasteiger partial charge on any atom is 0.0472 e. The third kappa shape index (κ3) is 1.49. The van der Waals surface area contributed by atoms with Gasteiger partial charge in [0, 0.05) is 43.6 Å². The molecular formula is C20H16N2. The van der Waals surface area contributed by atoms with Crippen molar-refractivity contribution >= 4 is 43.6 Å². The van der Waals surface area contributed by atoms with E-state index in [1.54, 1.807) is 0 Å². The predicted molar refractivity (Wildman–Crippen MR) is 94.6 cm³/mol. The van der Waals surface area contributed by atoms with E-state index < -0.39 is 0 Å². The van der Waals surface area contributed by atoms with Crippen molar-refractivity contribution in [3.8, 4) is 0 Å². The molecule has 0 unspecified atom stereocenters. The molecule has 0 radical (unpaired) electrons. The van der Waals surface area contributed by atoms with Crippen molar-refractivity contribution in [2.75, 3.05) is 0 Å². The van der Waals surface area contributed by atoms with E-state index in [0.29, 0.717) is 0 Å². The number of hydrogen-bond acceptors (Lipinski definition) is 0. The van der Waals surface area contributed by atoms with Crippen LogP contribution in [0.25, 0.3) is 43.6 Å². The summed E-state index contributed by atoms with van der Waals surface area (Å²) in [5, 5.41) is 5.14. The van der Waals surface area contributed by atoms with Gasteiger partial charge >= 0.3 is 0 Å². The van der Waals surface area contributed by atoms with Crippen LogP contribution in [-0.4, -0.2) is 9.97 Å². The van der Waals surface area contributed by atoms with Gasteiger partial charge in [0.25, 0.3) is 0 Å². The quantitative estimate of drug-likeness (QED) is 0.372. The van der Waals surface area contributed by atoms with Gasteiger partial charge in [-0.25, -0.2) is 0 Å². The summed E-state index contributed by atoms with van der Waals surface area (Å²) in [5.74, 6) is 0. The van der Waals surface area contributed by atoms with E-state index in [1.807, 2.05) is 0 Å². The molecule has 0 fully saturated rings. The Labute approximate surface area is 127 Å². The Morgan fingerprint density at radius 2 is 0.909 bits per heavy atom. The number of aryl methyl sites for hydroxylation is 2. The van der Waals surface area contributed by atoms with Crippen LogP contribution in [0, 0.1) is 13.8 Å². The van der Waals surface area contributed by atoms with Gasteiger partial charge in [0.05, 0.1) is 0 Å². The average molecular weight is 284 g/mol. The highest BCUT2D eigenvalue weighted by atomic mass is 14.7. The summed E-state index contributed by atoms with van der Waals surface area (Å²) >= 11 is 0. The Hall–Kier alpha value is -2.74. The fourth-order valence-electron chi connectivity index (χ4n) is 3.54. The summed E-state index contributed by atoms with van der Waals surface area (Å²) < 4.78 is 0. The molecular weight excluding hydrogens is 268 g/mol. The molecule has 2 heteroatoms. The van der Waals surface area contributed by atoms with Crippen LogP contribution >= 0.6 is 0 Å². The molecule has 0 saturated heterocycles. The van der Waals surface area contributed by atoms with E-state index in [1.165, 1.54) is 54.7 Å². The normalized spacial score (nSPS) is 12.1. The highest BCUT2D eigenvalue weighted by Gasteiger charge is 2.10. The second-order valence-corrected chi connectivity index (χ2v) is 6.29. The van der Waals surface area contributed by atoms with E-state index in [0.717, 1.165) is 0 Å². The van der Waals surface area contributed by atoms with Gasteiger partial charge in [-0.3, -0.25) is 0 Å². The van der Waals surface area contributed by atoms with Crippen LogP contribution in [0.5, 0.6) is 0 Å². The van der Waals surface area contributed by atoms with Crippen LogP contribution in [0.1, 0.15) is 11.1 Å². The molecule has 5 rings (SSSR count). The summed E-state index contributed by atoms with van der Waals surface area (Å²) in [7, 11) is 0. The molecule has 5 aromatic rings. The fraction of sp³-hybridized carbons (Fsp3) is 0.100. The van der Waals surface area contributed by atoms with Crippen LogP contribution in [0.15, 0.2) is 48.5 Å².